The Hall–Kier alpha value is -3.36. The average molecular weight is 372 g/mol. The summed E-state index contributed by atoms with van der Waals surface area (Å²) in [6.07, 6.45) is 14.2. The van der Waals surface area contributed by atoms with Gasteiger partial charge in [-0.15, -0.1) is 0 Å². The first-order chi connectivity index (χ1) is 13.0. The van der Waals surface area contributed by atoms with Crippen LogP contribution in [0.4, 0.5) is 0 Å². The van der Waals surface area contributed by atoms with Crippen LogP contribution < -0.4 is 0 Å². The van der Waals surface area contributed by atoms with Crippen LogP contribution in [-0.2, 0) is 32.6 Å². The third-order valence-electron chi connectivity index (χ3n) is 3.43. The number of aryl methyl sites for hydroxylation is 1. The number of nitrogens with zero attached hydrogens (tertiary/aromatic N) is 3. The molecule has 0 saturated heterocycles. The molecule has 3 rings (SSSR count). The van der Waals surface area contributed by atoms with Crippen molar-refractivity contribution < 1.29 is 14.4 Å². The van der Waals surface area contributed by atoms with Crippen LogP contribution in [0.3, 0.4) is 0 Å². The highest BCUT2D eigenvalue weighted by Gasteiger charge is 2.20. The van der Waals surface area contributed by atoms with E-state index in [0.717, 1.165) is 42.4 Å². The van der Waals surface area contributed by atoms with Crippen molar-refractivity contribution in [1.29, 1.82) is 0 Å². The molecule has 3 N–H and O–H groups in total. The van der Waals surface area contributed by atoms with Gasteiger partial charge >= 0.3 is 0 Å². The maximum Gasteiger partial charge on any atom is 0.131 e. The van der Waals surface area contributed by atoms with E-state index in [1.54, 1.807) is 37.6 Å². The lowest BCUT2D eigenvalue weighted by molar-refractivity contribution is -0.111. The highest BCUT2D eigenvalue weighted by Crippen LogP contribution is 2.16. The molecule has 3 aromatic heterocycles. The maximum absolute atomic E-state index is 10.5. The number of aldehydes is 3. The molecular formula is C18H24N6O3. The molecule has 0 aromatic carbocycles. The van der Waals surface area contributed by atoms with Crippen molar-refractivity contribution in [2.45, 2.75) is 38.5 Å². The van der Waals surface area contributed by atoms with Crippen LogP contribution in [0, 0.1) is 0 Å². The van der Waals surface area contributed by atoms with Crippen LogP contribution in [0.2, 0.25) is 0 Å². The molecule has 0 unspecified atom stereocenters. The van der Waals surface area contributed by atoms with Gasteiger partial charge in [-0.2, -0.15) is 0 Å². The van der Waals surface area contributed by atoms with Crippen molar-refractivity contribution in [3.05, 3.63) is 54.7 Å². The Bertz CT molecular complexity index is 749. The molecule has 0 aliphatic heterocycles. The van der Waals surface area contributed by atoms with Gasteiger partial charge < -0.3 is 29.3 Å². The highest BCUT2D eigenvalue weighted by atomic mass is 16.1. The quantitative estimate of drug-likeness (QED) is 0.538. The third-order valence-corrected chi connectivity index (χ3v) is 3.43. The molecular weight excluding hydrogens is 348 g/mol. The molecule has 0 aliphatic rings. The molecule has 27 heavy (non-hydrogen) atoms. The number of hydrogen-bond donors (Lipinski definition) is 3. The summed E-state index contributed by atoms with van der Waals surface area (Å²) >= 11 is 0. The Kier molecular flexibility index (Phi) is 9.69. The monoisotopic (exact) mass is 372 g/mol. The molecule has 0 bridgehead atoms. The number of H-pyrrole nitrogens is 3. The van der Waals surface area contributed by atoms with E-state index in [0.29, 0.717) is 12.8 Å². The van der Waals surface area contributed by atoms with Gasteiger partial charge in [0.15, 0.2) is 0 Å². The second-order valence-corrected chi connectivity index (χ2v) is 6.03. The van der Waals surface area contributed by atoms with Gasteiger partial charge in [0.25, 0.3) is 0 Å². The molecule has 0 aliphatic carbocycles. The summed E-state index contributed by atoms with van der Waals surface area (Å²) in [5, 5.41) is 0. The maximum atomic E-state index is 10.5. The van der Waals surface area contributed by atoms with Gasteiger partial charge in [-0.25, -0.2) is 15.0 Å². The first-order valence-electron chi connectivity index (χ1n) is 8.30. The van der Waals surface area contributed by atoms with Gasteiger partial charge in [0.1, 0.15) is 18.9 Å². The first kappa shape index (κ1) is 21.7. The van der Waals surface area contributed by atoms with Gasteiger partial charge in [0.05, 0.1) is 24.4 Å². The van der Waals surface area contributed by atoms with Crippen molar-refractivity contribution in [3.63, 3.8) is 0 Å². The van der Waals surface area contributed by atoms with Crippen LogP contribution in [0.25, 0.3) is 0 Å². The van der Waals surface area contributed by atoms with E-state index in [9.17, 15) is 14.4 Å². The van der Waals surface area contributed by atoms with E-state index in [1.165, 1.54) is 0 Å². The first-order valence-corrected chi connectivity index (χ1v) is 8.30. The van der Waals surface area contributed by atoms with Crippen molar-refractivity contribution in [2.24, 2.45) is 0 Å². The number of rotatable bonds is 7. The smallest absolute Gasteiger partial charge is 0.131 e. The van der Waals surface area contributed by atoms with Crippen molar-refractivity contribution >= 4 is 18.9 Å². The van der Waals surface area contributed by atoms with E-state index in [-0.39, 0.29) is 0 Å². The summed E-state index contributed by atoms with van der Waals surface area (Å²) < 4.78 is 0. The van der Waals surface area contributed by atoms with Crippen LogP contribution in [0.15, 0.2) is 37.6 Å². The fraction of sp³-hybridized carbons (Fsp3) is 0.333. The number of nitrogens with one attached hydrogen (secondary N) is 3. The van der Waals surface area contributed by atoms with E-state index < -0.39 is 5.41 Å². The topological polar surface area (TPSA) is 137 Å². The Morgan fingerprint density at radius 3 is 1.89 bits per heavy atom. The van der Waals surface area contributed by atoms with E-state index in [1.807, 2.05) is 13.8 Å². The van der Waals surface area contributed by atoms with E-state index >= 15 is 0 Å². The summed E-state index contributed by atoms with van der Waals surface area (Å²) in [7, 11) is 0. The van der Waals surface area contributed by atoms with Gasteiger partial charge in [0, 0.05) is 48.5 Å². The number of carbonyl (C=O) groups is 3. The molecule has 0 saturated carbocycles. The number of aromatic amines is 3. The Balaban J connectivity index is 0.000000204. The molecule has 9 heteroatoms. The minimum absolute atomic E-state index is 0.431. The third kappa shape index (κ3) is 8.52. The van der Waals surface area contributed by atoms with Crippen LogP contribution >= 0.6 is 0 Å². The number of imidazole rings is 3. The fourth-order valence-electron chi connectivity index (χ4n) is 1.79. The Morgan fingerprint density at radius 2 is 1.44 bits per heavy atom. The zero-order chi connectivity index (χ0) is 20.0. The second-order valence-electron chi connectivity index (χ2n) is 6.03. The molecule has 3 aromatic rings. The van der Waals surface area contributed by atoms with Gasteiger partial charge in [-0.3, -0.25) is 0 Å². The molecule has 9 nitrogen and oxygen atoms in total. The van der Waals surface area contributed by atoms with Gasteiger partial charge in [-0.1, -0.05) is 0 Å². The zero-order valence-electron chi connectivity index (χ0n) is 15.4. The Labute approximate surface area is 157 Å². The van der Waals surface area contributed by atoms with Crippen molar-refractivity contribution in [3.8, 4) is 0 Å². The molecule has 0 radical (unpaired) electrons. The largest absolute Gasteiger partial charge is 0.348 e. The minimum atomic E-state index is -0.434. The van der Waals surface area contributed by atoms with Crippen LogP contribution in [-0.4, -0.2) is 48.8 Å². The number of aromatic nitrogens is 6. The van der Waals surface area contributed by atoms with Crippen molar-refractivity contribution in [2.75, 3.05) is 0 Å². The molecule has 0 fully saturated rings. The highest BCUT2D eigenvalue weighted by molar-refractivity contribution is 5.65. The lowest BCUT2D eigenvalue weighted by Gasteiger charge is -2.12. The van der Waals surface area contributed by atoms with E-state index in [2.05, 4.69) is 29.9 Å². The number of carbonyl (C=O) groups excluding carboxylic acids is 3. The molecule has 0 spiro atoms. The summed E-state index contributed by atoms with van der Waals surface area (Å²) in [4.78, 5) is 50.1. The standard InChI is InChI=1S/C7H10N2O.C6H8N2O.C5H6N2O/c1-7(2,4-10)6-3-8-5-9-6;9-3-1-2-6-4-7-5-8-6;8-2-1-5-3-6-4-7-5/h3-5H,1-2H3,(H,8,9);3-5H,1-2H2,(H,7,8);2-4H,1H2,(H,6,7). The van der Waals surface area contributed by atoms with Crippen LogP contribution in [0.5, 0.6) is 0 Å². The average Bonchev–Trinajstić information content (AvgIpc) is 3.44. The second kappa shape index (κ2) is 12.1. The molecule has 3 heterocycles. The zero-order valence-corrected chi connectivity index (χ0v) is 15.4. The van der Waals surface area contributed by atoms with Crippen molar-refractivity contribution in [1.82, 2.24) is 29.9 Å². The molecule has 0 atom stereocenters. The lowest BCUT2D eigenvalue weighted by Crippen LogP contribution is -2.18. The summed E-state index contributed by atoms with van der Waals surface area (Å²) in [6.45, 7) is 3.68. The van der Waals surface area contributed by atoms with Gasteiger partial charge in [-0.05, 0) is 20.3 Å². The summed E-state index contributed by atoms with van der Waals surface area (Å²) in [5.74, 6) is 0. The van der Waals surface area contributed by atoms with E-state index in [4.69, 9.17) is 0 Å². The Morgan fingerprint density at radius 1 is 0.852 bits per heavy atom. The molecule has 0 amide bonds. The molecule has 144 valence electrons. The summed E-state index contributed by atoms with van der Waals surface area (Å²) in [5.41, 5.74) is 2.29. The van der Waals surface area contributed by atoms with Crippen LogP contribution in [0.1, 0.15) is 37.4 Å². The summed E-state index contributed by atoms with van der Waals surface area (Å²) in [6, 6.07) is 0. The van der Waals surface area contributed by atoms with Gasteiger partial charge in [0.2, 0.25) is 0 Å². The predicted molar refractivity (Wildman–Crippen MR) is 99.0 cm³/mol. The normalized spacial score (nSPS) is 10.0. The predicted octanol–water partition coefficient (Wildman–Crippen LogP) is 1.58. The number of hydrogen-bond acceptors (Lipinski definition) is 6. The fourth-order valence-corrected chi connectivity index (χ4v) is 1.79. The SMILES string of the molecule is CC(C)(C=O)c1cnc[nH]1.O=CCCc1cnc[nH]1.O=CCc1cnc[nH]1. The lowest BCUT2D eigenvalue weighted by atomic mass is 9.92. The minimum Gasteiger partial charge on any atom is -0.348 e.